The minimum Gasteiger partial charge on any atom is -0.508 e. The van der Waals surface area contributed by atoms with Crippen LogP contribution in [0.5, 0.6) is 5.75 Å². The van der Waals surface area contributed by atoms with Gasteiger partial charge in [-0.2, -0.15) is 0 Å². The Labute approximate surface area is 122 Å². The highest BCUT2D eigenvalue weighted by molar-refractivity contribution is 6.43. The Bertz CT molecular complexity index is 750. The lowest BCUT2D eigenvalue weighted by Crippen LogP contribution is -2.29. The van der Waals surface area contributed by atoms with Crippen molar-refractivity contribution in [2.45, 2.75) is 0 Å². The van der Waals surface area contributed by atoms with Crippen LogP contribution in [0.25, 0.3) is 0 Å². The summed E-state index contributed by atoms with van der Waals surface area (Å²) in [6.45, 7) is 0. The molecule has 2 rings (SSSR count). The quantitative estimate of drug-likeness (QED) is 0.588. The number of carbonyl (C=O) groups excluding carboxylic acids is 2. The third-order valence-corrected chi connectivity index (χ3v) is 2.59. The number of halogens is 3. The van der Waals surface area contributed by atoms with Crippen molar-refractivity contribution >= 4 is 23.2 Å². The second-order valence-corrected chi connectivity index (χ2v) is 4.18. The van der Waals surface area contributed by atoms with Gasteiger partial charge in [-0.1, -0.05) is 6.07 Å². The Balaban J connectivity index is 2.09. The molecule has 0 radical (unpaired) electrons. The first-order valence-corrected chi connectivity index (χ1v) is 5.93. The lowest BCUT2D eigenvalue weighted by atomic mass is 10.2. The number of rotatable bonds is 2. The van der Waals surface area contributed by atoms with Crippen LogP contribution in [0, 0.1) is 17.5 Å². The van der Waals surface area contributed by atoms with E-state index in [1.54, 1.807) is 0 Å². The molecule has 2 aromatic carbocycles. The summed E-state index contributed by atoms with van der Waals surface area (Å²) in [5, 5.41) is 13.2. The number of benzene rings is 2. The van der Waals surface area contributed by atoms with Crippen LogP contribution < -0.4 is 10.6 Å². The topological polar surface area (TPSA) is 78.4 Å². The predicted octanol–water partition coefficient (Wildman–Crippen LogP) is 2.39. The van der Waals surface area contributed by atoms with E-state index < -0.39 is 35.0 Å². The zero-order valence-electron chi connectivity index (χ0n) is 10.9. The zero-order valence-corrected chi connectivity index (χ0v) is 10.9. The van der Waals surface area contributed by atoms with Gasteiger partial charge in [0.05, 0.1) is 5.69 Å². The number of hydrogen-bond acceptors (Lipinski definition) is 3. The van der Waals surface area contributed by atoms with E-state index in [9.17, 15) is 27.9 Å². The van der Waals surface area contributed by atoms with E-state index in [4.69, 9.17) is 0 Å². The van der Waals surface area contributed by atoms with Crippen LogP contribution in [0.15, 0.2) is 36.4 Å². The molecule has 114 valence electrons. The lowest BCUT2D eigenvalue weighted by molar-refractivity contribution is -0.133. The Morgan fingerprint density at radius 2 is 1.59 bits per heavy atom. The van der Waals surface area contributed by atoms with Crippen LogP contribution in [0.3, 0.4) is 0 Å². The second-order valence-electron chi connectivity index (χ2n) is 4.18. The normalized spacial score (nSPS) is 10.1. The molecule has 0 atom stereocenters. The molecule has 0 saturated heterocycles. The fraction of sp³-hybridized carbons (Fsp3) is 0. The highest BCUT2D eigenvalue weighted by atomic mass is 19.2. The van der Waals surface area contributed by atoms with Crippen LogP contribution in [0.2, 0.25) is 0 Å². The summed E-state index contributed by atoms with van der Waals surface area (Å²) in [7, 11) is 0. The van der Waals surface area contributed by atoms with Gasteiger partial charge in [-0.3, -0.25) is 9.59 Å². The molecule has 2 amide bonds. The third-order valence-electron chi connectivity index (χ3n) is 2.59. The predicted molar refractivity (Wildman–Crippen MR) is 71.7 cm³/mol. The number of amides is 2. The average molecular weight is 310 g/mol. The van der Waals surface area contributed by atoms with Crippen LogP contribution in [0.4, 0.5) is 24.5 Å². The number of carbonyl (C=O) groups is 2. The van der Waals surface area contributed by atoms with Gasteiger partial charge in [0.15, 0.2) is 17.5 Å². The first kappa shape index (κ1) is 15.4. The molecule has 0 heterocycles. The van der Waals surface area contributed by atoms with Crippen LogP contribution >= 0.6 is 0 Å². The summed E-state index contributed by atoms with van der Waals surface area (Å²) >= 11 is 0. The van der Waals surface area contributed by atoms with E-state index in [0.29, 0.717) is 6.07 Å². The van der Waals surface area contributed by atoms with Crippen molar-refractivity contribution < 1.29 is 27.9 Å². The van der Waals surface area contributed by atoms with Crippen molar-refractivity contribution in [1.82, 2.24) is 0 Å². The largest absolute Gasteiger partial charge is 0.508 e. The molecule has 0 aliphatic heterocycles. The van der Waals surface area contributed by atoms with Crippen LogP contribution in [-0.4, -0.2) is 16.9 Å². The summed E-state index contributed by atoms with van der Waals surface area (Å²) in [6, 6.07) is 6.77. The monoisotopic (exact) mass is 310 g/mol. The Morgan fingerprint density at radius 3 is 2.27 bits per heavy atom. The van der Waals surface area contributed by atoms with Crippen molar-refractivity contribution in [2.24, 2.45) is 0 Å². The highest BCUT2D eigenvalue weighted by Gasteiger charge is 2.19. The average Bonchev–Trinajstić information content (AvgIpc) is 2.47. The Kier molecular flexibility index (Phi) is 4.31. The van der Waals surface area contributed by atoms with Gasteiger partial charge in [-0.15, -0.1) is 0 Å². The van der Waals surface area contributed by atoms with Gasteiger partial charge < -0.3 is 15.7 Å². The van der Waals surface area contributed by atoms with Gasteiger partial charge in [-0.25, -0.2) is 13.2 Å². The molecule has 0 fully saturated rings. The Morgan fingerprint density at radius 1 is 0.909 bits per heavy atom. The minimum absolute atomic E-state index is 0.130. The minimum atomic E-state index is -1.76. The summed E-state index contributed by atoms with van der Waals surface area (Å²) in [5.74, 6) is -7.38. The van der Waals surface area contributed by atoms with Crippen molar-refractivity contribution in [3.8, 4) is 5.75 Å². The summed E-state index contributed by atoms with van der Waals surface area (Å²) in [4.78, 5) is 23.2. The molecule has 0 saturated carbocycles. The Hall–Kier alpha value is -3.03. The number of aromatic hydroxyl groups is 1. The third kappa shape index (κ3) is 3.35. The maximum absolute atomic E-state index is 13.4. The molecule has 0 aromatic heterocycles. The maximum atomic E-state index is 13.4. The van der Waals surface area contributed by atoms with E-state index in [2.05, 4.69) is 5.32 Å². The molecule has 8 heteroatoms. The van der Waals surface area contributed by atoms with Gasteiger partial charge in [-0.05, 0) is 24.3 Å². The standard InChI is InChI=1S/C14H9F3N2O3/c15-9-4-5-10(12(17)11(9)16)19-14(22)13(21)18-7-2-1-3-8(20)6-7/h1-6,20H,(H,18,21)(H,19,22). The van der Waals surface area contributed by atoms with E-state index in [1.807, 2.05) is 5.32 Å². The van der Waals surface area contributed by atoms with E-state index in [1.165, 1.54) is 24.3 Å². The van der Waals surface area contributed by atoms with Crippen molar-refractivity contribution in [3.05, 3.63) is 53.8 Å². The van der Waals surface area contributed by atoms with Gasteiger partial charge in [0, 0.05) is 11.8 Å². The molecule has 22 heavy (non-hydrogen) atoms. The van der Waals surface area contributed by atoms with E-state index >= 15 is 0 Å². The summed E-state index contributed by atoms with van der Waals surface area (Å²) < 4.78 is 39.1. The number of phenols is 1. The number of anilines is 2. The zero-order chi connectivity index (χ0) is 16.3. The molecule has 0 bridgehead atoms. The summed E-state index contributed by atoms with van der Waals surface area (Å²) in [5.41, 5.74) is -0.541. The molecular weight excluding hydrogens is 301 g/mol. The van der Waals surface area contributed by atoms with E-state index in [-0.39, 0.29) is 11.4 Å². The smallest absolute Gasteiger partial charge is 0.314 e. The fourth-order valence-corrected chi connectivity index (χ4v) is 1.57. The molecule has 5 nitrogen and oxygen atoms in total. The molecule has 0 aliphatic carbocycles. The molecule has 2 aromatic rings. The van der Waals surface area contributed by atoms with Gasteiger partial charge >= 0.3 is 11.8 Å². The van der Waals surface area contributed by atoms with Crippen LogP contribution in [-0.2, 0) is 9.59 Å². The maximum Gasteiger partial charge on any atom is 0.314 e. The molecule has 0 unspecified atom stereocenters. The second kappa shape index (κ2) is 6.17. The first-order valence-electron chi connectivity index (χ1n) is 5.93. The fourth-order valence-electron chi connectivity index (χ4n) is 1.57. The molecule has 3 N–H and O–H groups in total. The summed E-state index contributed by atoms with van der Waals surface area (Å²) in [6.07, 6.45) is 0. The van der Waals surface area contributed by atoms with Gasteiger partial charge in [0.1, 0.15) is 5.75 Å². The number of hydrogen-bond donors (Lipinski definition) is 3. The van der Waals surface area contributed by atoms with E-state index in [0.717, 1.165) is 6.07 Å². The molecular formula is C14H9F3N2O3. The molecule has 0 aliphatic rings. The van der Waals surface area contributed by atoms with Crippen LogP contribution in [0.1, 0.15) is 0 Å². The van der Waals surface area contributed by atoms with Crippen molar-refractivity contribution in [2.75, 3.05) is 10.6 Å². The van der Waals surface area contributed by atoms with Gasteiger partial charge in [0.2, 0.25) is 0 Å². The number of phenolic OH excluding ortho intramolecular Hbond substituents is 1. The SMILES string of the molecule is O=C(Nc1cccc(O)c1)C(=O)Nc1ccc(F)c(F)c1F. The number of nitrogens with one attached hydrogen (secondary N) is 2. The lowest BCUT2D eigenvalue weighted by Gasteiger charge is -2.08. The first-order chi connectivity index (χ1) is 10.4. The van der Waals surface area contributed by atoms with Gasteiger partial charge in [0.25, 0.3) is 0 Å². The van der Waals surface area contributed by atoms with Crippen molar-refractivity contribution in [1.29, 1.82) is 0 Å². The molecule has 0 spiro atoms. The highest BCUT2D eigenvalue weighted by Crippen LogP contribution is 2.20. The van der Waals surface area contributed by atoms with Crippen molar-refractivity contribution in [3.63, 3.8) is 0 Å².